The highest BCUT2D eigenvalue weighted by molar-refractivity contribution is 6.30. The van der Waals surface area contributed by atoms with Crippen LogP contribution in [0.15, 0.2) is 24.3 Å². The van der Waals surface area contributed by atoms with Gasteiger partial charge in [0.25, 0.3) is 0 Å². The topological polar surface area (TPSA) is 124 Å². The first-order valence-corrected chi connectivity index (χ1v) is 6.33. The Hall–Kier alpha value is -1.83. The van der Waals surface area contributed by atoms with Crippen molar-refractivity contribution >= 4 is 23.5 Å². The molecule has 0 saturated heterocycles. The van der Waals surface area contributed by atoms with Crippen molar-refractivity contribution in [3.63, 3.8) is 0 Å². The number of aliphatic carboxylic acids is 2. The minimum atomic E-state index is -1.08. The van der Waals surface area contributed by atoms with Crippen molar-refractivity contribution in [2.75, 3.05) is 13.2 Å². The van der Waals surface area contributed by atoms with E-state index >= 15 is 0 Å². The van der Waals surface area contributed by atoms with Gasteiger partial charge in [0.2, 0.25) is 0 Å². The summed E-state index contributed by atoms with van der Waals surface area (Å²) in [6.07, 6.45) is -1.43. The van der Waals surface area contributed by atoms with Gasteiger partial charge in [0.05, 0.1) is 19.4 Å². The summed E-state index contributed by atoms with van der Waals surface area (Å²) in [5.74, 6) is -1.53. The van der Waals surface area contributed by atoms with Gasteiger partial charge < -0.3 is 25.2 Å². The quantitative estimate of drug-likeness (QED) is 0.591. The summed E-state index contributed by atoms with van der Waals surface area (Å²) >= 11 is 5.66. The molecule has 0 aliphatic rings. The molecule has 0 fully saturated rings. The molecule has 1 aromatic carbocycles. The molecule has 0 amide bonds. The minimum absolute atomic E-state index is 0.0815. The molecule has 1 atom stereocenters. The Bertz CT molecular complexity index is 419. The van der Waals surface area contributed by atoms with Gasteiger partial charge in [-0.15, -0.1) is 0 Å². The molecular weight excluding hydrogens is 304 g/mol. The number of rotatable bonds is 7. The van der Waals surface area contributed by atoms with Crippen LogP contribution in [0.25, 0.3) is 0 Å². The van der Waals surface area contributed by atoms with Gasteiger partial charge >= 0.3 is 11.9 Å². The lowest BCUT2D eigenvalue weighted by atomic mass is 10.3. The zero-order valence-corrected chi connectivity index (χ0v) is 11.9. The molecule has 0 heterocycles. The van der Waals surface area contributed by atoms with Crippen LogP contribution in [0.1, 0.15) is 12.8 Å². The second-order valence-corrected chi connectivity index (χ2v) is 4.33. The molecule has 0 bridgehead atoms. The molecule has 7 nitrogen and oxygen atoms in total. The molecule has 8 heteroatoms. The number of carboxylic acids is 2. The maximum absolute atomic E-state index is 9.64. The first-order chi connectivity index (χ1) is 9.85. The lowest BCUT2D eigenvalue weighted by Gasteiger charge is -2.09. The van der Waals surface area contributed by atoms with Gasteiger partial charge in [-0.25, -0.2) is 0 Å². The number of aliphatic hydroxyl groups is 2. The van der Waals surface area contributed by atoms with Crippen LogP contribution in [-0.4, -0.2) is 51.7 Å². The summed E-state index contributed by atoms with van der Waals surface area (Å²) in [6, 6.07) is 6.79. The van der Waals surface area contributed by atoms with E-state index in [1.807, 2.05) is 0 Å². The summed E-state index contributed by atoms with van der Waals surface area (Å²) in [5, 5.41) is 33.9. The standard InChI is InChI=1S/C9H11ClO3.C4H6O4/c10-7-1-3-9(4-2-7)13-6-8(12)5-11;5-3(6)1-2-4(7)8/h1-4,8,11-12H,5-6H2;1-2H2,(H,5,6)(H,7,8). The Balaban J connectivity index is 0.000000433. The lowest BCUT2D eigenvalue weighted by molar-refractivity contribution is -0.143. The lowest BCUT2D eigenvalue weighted by Crippen LogP contribution is -2.21. The molecule has 4 N–H and O–H groups in total. The fourth-order valence-electron chi connectivity index (χ4n) is 0.990. The maximum atomic E-state index is 9.64. The van der Waals surface area contributed by atoms with Crippen molar-refractivity contribution in [1.82, 2.24) is 0 Å². The molecular formula is C13H17ClO7. The third-order valence-electron chi connectivity index (χ3n) is 2.02. The van der Waals surface area contributed by atoms with Crippen LogP contribution in [0.3, 0.4) is 0 Å². The molecule has 118 valence electrons. The highest BCUT2D eigenvalue weighted by Crippen LogP contribution is 2.15. The SMILES string of the molecule is O=C(O)CCC(=O)O.OCC(O)COc1ccc(Cl)cc1. The predicted molar refractivity (Wildman–Crippen MR) is 74.5 cm³/mol. The van der Waals surface area contributed by atoms with Gasteiger partial charge in [-0.1, -0.05) is 11.6 Å². The van der Waals surface area contributed by atoms with Crippen LogP contribution in [-0.2, 0) is 9.59 Å². The van der Waals surface area contributed by atoms with Crippen molar-refractivity contribution in [3.8, 4) is 5.75 Å². The molecule has 0 aliphatic heterocycles. The molecule has 0 spiro atoms. The van der Waals surface area contributed by atoms with Crippen molar-refractivity contribution in [2.45, 2.75) is 18.9 Å². The van der Waals surface area contributed by atoms with Crippen molar-refractivity contribution in [2.24, 2.45) is 0 Å². The van der Waals surface area contributed by atoms with Crippen LogP contribution in [0, 0.1) is 0 Å². The van der Waals surface area contributed by atoms with Gasteiger partial charge in [-0.3, -0.25) is 9.59 Å². The molecule has 0 aromatic heterocycles. The van der Waals surface area contributed by atoms with Gasteiger partial charge in [-0.2, -0.15) is 0 Å². The number of aliphatic hydroxyl groups excluding tert-OH is 2. The summed E-state index contributed by atoms with van der Waals surface area (Å²) < 4.78 is 5.15. The Kier molecular flexibility index (Phi) is 9.95. The van der Waals surface area contributed by atoms with E-state index in [-0.39, 0.29) is 26.1 Å². The van der Waals surface area contributed by atoms with Crippen LogP contribution < -0.4 is 4.74 Å². The summed E-state index contributed by atoms with van der Waals surface area (Å²) in [5.41, 5.74) is 0. The van der Waals surface area contributed by atoms with Gasteiger partial charge in [0, 0.05) is 5.02 Å². The highest BCUT2D eigenvalue weighted by Gasteiger charge is 2.02. The summed E-state index contributed by atoms with van der Waals surface area (Å²) in [4.78, 5) is 19.3. The predicted octanol–water partition coefficient (Wildman–Crippen LogP) is 1.01. The first kappa shape index (κ1) is 19.2. The van der Waals surface area contributed by atoms with E-state index in [2.05, 4.69) is 0 Å². The maximum Gasteiger partial charge on any atom is 0.303 e. The number of halogens is 1. The second-order valence-electron chi connectivity index (χ2n) is 3.89. The molecule has 1 rings (SSSR count). The van der Waals surface area contributed by atoms with Gasteiger partial charge in [-0.05, 0) is 24.3 Å². The van der Waals surface area contributed by atoms with Gasteiger partial charge in [0.15, 0.2) is 0 Å². The van der Waals surface area contributed by atoms with Crippen LogP contribution in [0.2, 0.25) is 5.02 Å². The number of hydrogen-bond donors (Lipinski definition) is 4. The Labute approximate surface area is 126 Å². The summed E-state index contributed by atoms with van der Waals surface area (Å²) in [6.45, 7) is -0.217. The van der Waals surface area contributed by atoms with E-state index in [0.717, 1.165) is 0 Å². The van der Waals surface area contributed by atoms with Crippen molar-refractivity contribution in [1.29, 1.82) is 0 Å². The van der Waals surface area contributed by atoms with E-state index in [1.54, 1.807) is 24.3 Å². The number of hydrogen-bond acceptors (Lipinski definition) is 5. The normalized spacial score (nSPS) is 11.0. The Morgan fingerprint density at radius 3 is 1.95 bits per heavy atom. The largest absolute Gasteiger partial charge is 0.491 e. The zero-order chi connectivity index (χ0) is 16.3. The molecule has 1 aromatic rings. The van der Waals surface area contributed by atoms with Crippen molar-refractivity contribution in [3.05, 3.63) is 29.3 Å². The molecule has 0 aliphatic carbocycles. The number of carboxylic acid groups (broad SMARTS) is 2. The molecule has 0 saturated carbocycles. The number of ether oxygens (including phenoxy) is 1. The van der Waals surface area contributed by atoms with Crippen molar-refractivity contribution < 1.29 is 34.8 Å². The van der Waals surface area contributed by atoms with Crippen LogP contribution in [0.4, 0.5) is 0 Å². The van der Waals surface area contributed by atoms with Crippen LogP contribution >= 0.6 is 11.6 Å². The van der Waals surface area contributed by atoms with E-state index in [9.17, 15) is 9.59 Å². The Morgan fingerprint density at radius 1 is 1.10 bits per heavy atom. The molecule has 21 heavy (non-hydrogen) atoms. The number of carbonyl (C=O) groups is 2. The van der Waals surface area contributed by atoms with E-state index in [1.165, 1.54) is 0 Å². The average Bonchev–Trinajstić information content (AvgIpc) is 2.45. The van der Waals surface area contributed by atoms with E-state index in [0.29, 0.717) is 10.8 Å². The van der Waals surface area contributed by atoms with E-state index in [4.69, 9.17) is 36.8 Å². The smallest absolute Gasteiger partial charge is 0.303 e. The fraction of sp³-hybridized carbons (Fsp3) is 0.385. The molecule has 1 unspecified atom stereocenters. The van der Waals surface area contributed by atoms with Crippen LogP contribution in [0.5, 0.6) is 5.75 Å². The third kappa shape index (κ3) is 11.7. The van der Waals surface area contributed by atoms with E-state index < -0.39 is 18.0 Å². The van der Waals surface area contributed by atoms with Gasteiger partial charge in [0.1, 0.15) is 18.5 Å². The number of benzene rings is 1. The Morgan fingerprint density at radius 2 is 1.57 bits per heavy atom. The monoisotopic (exact) mass is 320 g/mol. The third-order valence-corrected chi connectivity index (χ3v) is 2.27. The highest BCUT2D eigenvalue weighted by atomic mass is 35.5. The fourth-order valence-corrected chi connectivity index (χ4v) is 1.12. The summed E-state index contributed by atoms with van der Waals surface area (Å²) in [7, 11) is 0. The minimum Gasteiger partial charge on any atom is -0.491 e. The zero-order valence-electron chi connectivity index (χ0n) is 11.1. The second kappa shape index (κ2) is 10.9. The molecule has 0 radical (unpaired) electrons. The average molecular weight is 321 g/mol. The first-order valence-electron chi connectivity index (χ1n) is 5.96.